The van der Waals surface area contributed by atoms with E-state index in [0.717, 1.165) is 60.6 Å². The minimum Gasteiger partial charge on any atom is -0.489 e. The van der Waals surface area contributed by atoms with Crippen LogP contribution in [0.15, 0.2) is 67.0 Å². The molecule has 0 spiro atoms. The number of fused-ring (bicyclic) bond motifs is 1. The lowest BCUT2D eigenvalue weighted by molar-refractivity contribution is -0.140. The van der Waals surface area contributed by atoms with Crippen LogP contribution < -0.4 is 15.0 Å². The van der Waals surface area contributed by atoms with Crippen LogP contribution in [0.25, 0.3) is 16.8 Å². The average molecular weight is 516 g/mol. The van der Waals surface area contributed by atoms with Gasteiger partial charge in [-0.3, -0.25) is 4.79 Å². The van der Waals surface area contributed by atoms with E-state index < -0.39 is 24.5 Å². The molecule has 10 heteroatoms. The van der Waals surface area contributed by atoms with Gasteiger partial charge in [-0.25, -0.2) is 9.78 Å². The molecule has 0 saturated carbocycles. The summed E-state index contributed by atoms with van der Waals surface area (Å²) in [5.74, 6) is -0.409. The Morgan fingerprint density at radius 2 is 1.74 bits per heavy atom. The van der Waals surface area contributed by atoms with Crippen molar-refractivity contribution in [2.45, 2.75) is 31.9 Å². The molecule has 0 aliphatic carbocycles. The number of carbonyl (C=O) groups is 2. The fourth-order valence-electron chi connectivity index (χ4n) is 4.59. The van der Waals surface area contributed by atoms with Gasteiger partial charge < -0.3 is 25.2 Å². The molecule has 1 saturated heterocycles. The van der Waals surface area contributed by atoms with Gasteiger partial charge in [0.05, 0.1) is 12.8 Å². The zero-order valence-corrected chi connectivity index (χ0v) is 20.8. The minimum absolute atomic E-state index is 0.138. The summed E-state index contributed by atoms with van der Waals surface area (Å²) in [6.45, 7) is 1.45. The summed E-state index contributed by atoms with van der Waals surface area (Å²) in [6, 6.07) is 16.4. The van der Waals surface area contributed by atoms with E-state index in [1.807, 2.05) is 54.6 Å². The lowest BCUT2D eigenvalue weighted by Crippen LogP contribution is -2.43. The fraction of sp³-hybridized carbons (Fsp3) is 0.286. The SMILES string of the molecule is O=C(N[C@@H](CO)C(=O)O)c1cnn2c(N3CCCCC3)c(-c3ccc(OCc4ccccc4)cc3)cnc12. The molecule has 1 aliphatic rings. The lowest BCUT2D eigenvalue weighted by Gasteiger charge is -2.30. The second kappa shape index (κ2) is 11.3. The third-order valence-corrected chi connectivity index (χ3v) is 6.60. The van der Waals surface area contributed by atoms with E-state index in [1.54, 1.807) is 10.7 Å². The van der Waals surface area contributed by atoms with Crippen molar-refractivity contribution in [2.75, 3.05) is 24.6 Å². The van der Waals surface area contributed by atoms with E-state index >= 15 is 0 Å². The van der Waals surface area contributed by atoms with Crippen LogP contribution in [-0.4, -0.2) is 62.4 Å². The third-order valence-electron chi connectivity index (χ3n) is 6.60. The van der Waals surface area contributed by atoms with Gasteiger partial charge in [0.2, 0.25) is 0 Å². The zero-order valence-electron chi connectivity index (χ0n) is 20.8. The van der Waals surface area contributed by atoms with Crippen molar-refractivity contribution in [1.29, 1.82) is 0 Å². The number of carbonyl (C=O) groups excluding carboxylic acids is 1. The molecule has 0 radical (unpaired) electrons. The van der Waals surface area contributed by atoms with Crippen molar-refractivity contribution in [3.63, 3.8) is 0 Å². The number of benzene rings is 2. The van der Waals surface area contributed by atoms with Crippen molar-refractivity contribution in [3.05, 3.63) is 78.1 Å². The number of aliphatic carboxylic acids is 1. The Morgan fingerprint density at radius 1 is 1.00 bits per heavy atom. The highest BCUT2D eigenvalue weighted by atomic mass is 16.5. The molecule has 5 rings (SSSR count). The molecule has 3 heterocycles. The van der Waals surface area contributed by atoms with Gasteiger partial charge in [-0.15, -0.1) is 0 Å². The van der Waals surface area contributed by atoms with Gasteiger partial charge in [0.15, 0.2) is 11.7 Å². The van der Waals surface area contributed by atoms with Crippen LogP contribution in [-0.2, 0) is 11.4 Å². The number of carboxylic acid groups (broad SMARTS) is 1. The maximum absolute atomic E-state index is 12.8. The molecule has 0 bridgehead atoms. The van der Waals surface area contributed by atoms with Crippen molar-refractivity contribution < 1.29 is 24.5 Å². The number of piperidine rings is 1. The maximum atomic E-state index is 12.8. The first-order valence-electron chi connectivity index (χ1n) is 12.6. The van der Waals surface area contributed by atoms with Crippen molar-refractivity contribution in [1.82, 2.24) is 19.9 Å². The number of ether oxygens (including phenoxy) is 1. The molecule has 2 aromatic carbocycles. The van der Waals surface area contributed by atoms with E-state index in [-0.39, 0.29) is 5.56 Å². The first kappa shape index (κ1) is 25.2. The number of hydrogen-bond donors (Lipinski definition) is 3. The molecule has 0 unspecified atom stereocenters. The smallest absolute Gasteiger partial charge is 0.328 e. The number of nitrogens with one attached hydrogen (secondary N) is 1. The van der Waals surface area contributed by atoms with Crippen LogP contribution in [0, 0.1) is 0 Å². The first-order valence-corrected chi connectivity index (χ1v) is 12.6. The lowest BCUT2D eigenvalue weighted by atomic mass is 10.1. The van der Waals surface area contributed by atoms with Crippen LogP contribution >= 0.6 is 0 Å². The van der Waals surface area contributed by atoms with Gasteiger partial charge in [-0.05, 0) is 42.5 Å². The molecule has 196 valence electrons. The number of carboxylic acids is 1. The van der Waals surface area contributed by atoms with Gasteiger partial charge in [0.1, 0.15) is 23.7 Å². The predicted molar refractivity (Wildman–Crippen MR) is 141 cm³/mol. The summed E-state index contributed by atoms with van der Waals surface area (Å²) in [4.78, 5) is 30.9. The first-order chi connectivity index (χ1) is 18.5. The van der Waals surface area contributed by atoms with E-state index in [1.165, 1.54) is 6.20 Å². The van der Waals surface area contributed by atoms with Gasteiger partial charge >= 0.3 is 5.97 Å². The summed E-state index contributed by atoms with van der Waals surface area (Å²) in [5.41, 5.74) is 3.34. The van der Waals surface area contributed by atoms with E-state index in [2.05, 4.69) is 20.3 Å². The van der Waals surface area contributed by atoms with Gasteiger partial charge in [-0.2, -0.15) is 9.61 Å². The number of rotatable bonds is 9. The number of aliphatic hydroxyl groups excluding tert-OH is 1. The molecule has 38 heavy (non-hydrogen) atoms. The van der Waals surface area contributed by atoms with E-state index in [4.69, 9.17) is 4.74 Å². The molecule has 1 aliphatic heterocycles. The van der Waals surface area contributed by atoms with Crippen LogP contribution in [0.1, 0.15) is 35.2 Å². The molecule has 10 nitrogen and oxygen atoms in total. The highest BCUT2D eigenvalue weighted by Gasteiger charge is 2.26. The van der Waals surface area contributed by atoms with Crippen molar-refractivity contribution in [2.24, 2.45) is 0 Å². The standard InChI is InChI=1S/C28H29N5O5/c34-17-24(28(36)37)31-26(35)23-16-30-33-25(23)29-15-22(27(33)32-13-5-2-6-14-32)20-9-11-21(12-10-20)38-18-19-7-3-1-4-8-19/h1,3-4,7-12,15-16,24,34H,2,5-6,13-14,17-18H2,(H,31,35)(H,36,37)/t24-/m0/s1. The van der Waals surface area contributed by atoms with Gasteiger partial charge in [0, 0.05) is 24.8 Å². The summed E-state index contributed by atoms with van der Waals surface area (Å²) >= 11 is 0. The van der Waals surface area contributed by atoms with E-state index in [9.17, 15) is 19.8 Å². The maximum Gasteiger partial charge on any atom is 0.328 e. The second-order valence-electron chi connectivity index (χ2n) is 9.18. The van der Waals surface area contributed by atoms with E-state index in [0.29, 0.717) is 12.3 Å². The molecule has 3 N–H and O–H groups in total. The highest BCUT2D eigenvalue weighted by molar-refractivity contribution is 6.01. The Bertz CT molecular complexity index is 1420. The monoisotopic (exact) mass is 515 g/mol. The number of anilines is 1. The van der Waals surface area contributed by atoms with Crippen LogP contribution in [0.5, 0.6) is 5.75 Å². The van der Waals surface area contributed by atoms with Gasteiger partial charge in [-0.1, -0.05) is 42.5 Å². The number of hydrogen-bond acceptors (Lipinski definition) is 7. The Morgan fingerprint density at radius 3 is 2.42 bits per heavy atom. The molecule has 1 atom stereocenters. The molecule has 1 amide bonds. The highest BCUT2D eigenvalue weighted by Crippen LogP contribution is 2.34. The zero-order chi connectivity index (χ0) is 26.5. The summed E-state index contributed by atoms with van der Waals surface area (Å²) in [6.07, 6.45) is 6.34. The summed E-state index contributed by atoms with van der Waals surface area (Å²) < 4.78 is 7.58. The Labute approximate surface area is 219 Å². The van der Waals surface area contributed by atoms with Gasteiger partial charge in [0.25, 0.3) is 5.91 Å². The summed E-state index contributed by atoms with van der Waals surface area (Å²) in [7, 11) is 0. The van der Waals surface area contributed by atoms with Crippen molar-refractivity contribution >= 4 is 23.3 Å². The Hall–Kier alpha value is -4.44. The van der Waals surface area contributed by atoms with Crippen molar-refractivity contribution in [3.8, 4) is 16.9 Å². The normalized spacial score (nSPS) is 14.3. The van der Waals surface area contributed by atoms with Crippen LogP contribution in [0.2, 0.25) is 0 Å². The van der Waals surface area contributed by atoms with Crippen LogP contribution in [0.4, 0.5) is 5.82 Å². The molecular weight excluding hydrogens is 486 g/mol. The molecule has 2 aromatic heterocycles. The number of amides is 1. The fourth-order valence-corrected chi connectivity index (χ4v) is 4.59. The largest absolute Gasteiger partial charge is 0.489 e. The van der Waals surface area contributed by atoms with Crippen LogP contribution in [0.3, 0.4) is 0 Å². The second-order valence-corrected chi connectivity index (χ2v) is 9.18. The number of aliphatic hydroxyl groups is 1. The minimum atomic E-state index is -1.42. The quantitative estimate of drug-likeness (QED) is 0.310. The predicted octanol–water partition coefficient (Wildman–Crippen LogP) is 3.14. The molecule has 4 aromatic rings. The Kier molecular flexibility index (Phi) is 7.50. The third kappa shape index (κ3) is 5.30. The number of aromatic nitrogens is 3. The Balaban J connectivity index is 1.47. The molecular formula is C28H29N5O5. The summed E-state index contributed by atoms with van der Waals surface area (Å²) in [5, 5.41) is 25.3. The molecule has 1 fully saturated rings. The number of nitrogens with zero attached hydrogens (tertiary/aromatic N) is 4. The average Bonchev–Trinajstić information content (AvgIpc) is 3.40. The topological polar surface area (TPSA) is 129 Å².